The summed E-state index contributed by atoms with van der Waals surface area (Å²) in [5.74, 6) is 0.0969. The van der Waals surface area contributed by atoms with Crippen LogP contribution in [-0.4, -0.2) is 50.6 Å². The Balaban J connectivity index is 2.47. The average molecular weight is 157 g/mol. The van der Waals surface area contributed by atoms with Gasteiger partial charge in [0.05, 0.1) is 0 Å². The number of piperazine rings is 1. The summed E-state index contributed by atoms with van der Waals surface area (Å²) in [6.07, 6.45) is 0. The molecule has 0 spiro atoms. The van der Waals surface area contributed by atoms with Gasteiger partial charge in [-0.25, -0.2) is 0 Å². The van der Waals surface area contributed by atoms with Gasteiger partial charge in [-0.15, -0.1) is 0 Å². The van der Waals surface area contributed by atoms with Gasteiger partial charge < -0.3 is 10.6 Å². The quantitative estimate of drug-likeness (QED) is 0.494. The minimum absolute atomic E-state index is 0.00810. The SMILES string of the molecule is CNC(=O)[C@@H]1CNCCN1C. The van der Waals surface area contributed by atoms with Crippen molar-refractivity contribution >= 4 is 5.91 Å². The van der Waals surface area contributed by atoms with Crippen LogP contribution in [0, 0.1) is 0 Å². The van der Waals surface area contributed by atoms with Gasteiger partial charge in [0.1, 0.15) is 6.04 Å². The average Bonchev–Trinajstić information content (AvgIpc) is 2.04. The maximum absolute atomic E-state index is 11.2. The van der Waals surface area contributed by atoms with Crippen molar-refractivity contribution in [2.75, 3.05) is 33.7 Å². The molecule has 0 bridgehead atoms. The van der Waals surface area contributed by atoms with Crippen LogP contribution in [0.1, 0.15) is 0 Å². The lowest BCUT2D eigenvalue weighted by molar-refractivity contribution is -0.125. The van der Waals surface area contributed by atoms with Crippen LogP contribution in [0.15, 0.2) is 0 Å². The Morgan fingerprint density at radius 1 is 1.73 bits per heavy atom. The van der Waals surface area contributed by atoms with E-state index in [1.54, 1.807) is 7.05 Å². The summed E-state index contributed by atoms with van der Waals surface area (Å²) in [5.41, 5.74) is 0. The van der Waals surface area contributed by atoms with Crippen molar-refractivity contribution in [3.05, 3.63) is 0 Å². The fraction of sp³-hybridized carbons (Fsp3) is 0.857. The van der Waals surface area contributed by atoms with E-state index < -0.39 is 0 Å². The Morgan fingerprint density at radius 3 is 3.00 bits per heavy atom. The van der Waals surface area contributed by atoms with Gasteiger partial charge in [-0.3, -0.25) is 9.69 Å². The lowest BCUT2D eigenvalue weighted by Gasteiger charge is -2.31. The van der Waals surface area contributed by atoms with Crippen LogP contribution < -0.4 is 10.6 Å². The summed E-state index contributed by atoms with van der Waals surface area (Å²) < 4.78 is 0. The lowest BCUT2D eigenvalue weighted by Crippen LogP contribution is -2.55. The summed E-state index contributed by atoms with van der Waals surface area (Å²) in [5, 5.41) is 5.82. The Kier molecular flexibility index (Phi) is 2.84. The number of nitrogens with zero attached hydrogens (tertiary/aromatic N) is 1. The van der Waals surface area contributed by atoms with Crippen molar-refractivity contribution in [2.24, 2.45) is 0 Å². The number of carbonyl (C=O) groups is 1. The second-order valence-electron chi connectivity index (χ2n) is 2.81. The van der Waals surface area contributed by atoms with E-state index in [-0.39, 0.29) is 11.9 Å². The number of hydrogen-bond donors (Lipinski definition) is 2. The van der Waals surface area contributed by atoms with Gasteiger partial charge in [-0.1, -0.05) is 0 Å². The summed E-state index contributed by atoms with van der Waals surface area (Å²) in [4.78, 5) is 13.2. The highest BCUT2D eigenvalue weighted by atomic mass is 16.2. The molecule has 1 heterocycles. The van der Waals surface area contributed by atoms with Gasteiger partial charge in [0.2, 0.25) is 5.91 Å². The highest BCUT2D eigenvalue weighted by Crippen LogP contribution is 1.98. The van der Waals surface area contributed by atoms with E-state index in [1.807, 2.05) is 7.05 Å². The number of hydrogen-bond acceptors (Lipinski definition) is 3. The third-order valence-electron chi connectivity index (χ3n) is 2.06. The zero-order valence-electron chi connectivity index (χ0n) is 7.05. The molecule has 0 unspecified atom stereocenters. The first-order chi connectivity index (χ1) is 5.25. The van der Waals surface area contributed by atoms with E-state index in [9.17, 15) is 4.79 Å². The first kappa shape index (κ1) is 8.49. The first-order valence-electron chi connectivity index (χ1n) is 3.88. The largest absolute Gasteiger partial charge is 0.358 e. The number of rotatable bonds is 1. The number of nitrogens with one attached hydrogen (secondary N) is 2. The molecule has 1 rings (SSSR count). The molecule has 1 aliphatic rings. The van der Waals surface area contributed by atoms with Crippen LogP contribution in [0.3, 0.4) is 0 Å². The maximum atomic E-state index is 11.2. The van der Waals surface area contributed by atoms with Crippen LogP contribution in [0.5, 0.6) is 0 Å². The third-order valence-corrected chi connectivity index (χ3v) is 2.06. The molecular weight excluding hydrogens is 142 g/mol. The van der Waals surface area contributed by atoms with Crippen molar-refractivity contribution in [3.8, 4) is 0 Å². The smallest absolute Gasteiger partial charge is 0.238 e. The fourth-order valence-electron chi connectivity index (χ4n) is 1.27. The molecule has 4 heteroatoms. The Morgan fingerprint density at radius 2 is 2.45 bits per heavy atom. The summed E-state index contributed by atoms with van der Waals surface area (Å²) in [7, 11) is 3.64. The number of carbonyl (C=O) groups excluding carboxylic acids is 1. The Labute approximate surface area is 66.9 Å². The molecule has 1 atom stereocenters. The lowest BCUT2D eigenvalue weighted by atomic mass is 10.2. The monoisotopic (exact) mass is 157 g/mol. The molecule has 2 N–H and O–H groups in total. The van der Waals surface area contributed by atoms with Crippen molar-refractivity contribution in [1.29, 1.82) is 0 Å². The topological polar surface area (TPSA) is 44.4 Å². The number of likely N-dealkylation sites (N-methyl/N-ethyl adjacent to an activating group) is 2. The molecule has 4 nitrogen and oxygen atoms in total. The van der Waals surface area contributed by atoms with Crippen molar-refractivity contribution < 1.29 is 4.79 Å². The van der Waals surface area contributed by atoms with Gasteiger partial charge in [0.25, 0.3) is 0 Å². The van der Waals surface area contributed by atoms with Crippen LogP contribution >= 0.6 is 0 Å². The van der Waals surface area contributed by atoms with Crippen LogP contribution in [0.2, 0.25) is 0 Å². The molecular formula is C7H15N3O. The van der Waals surface area contributed by atoms with Crippen LogP contribution in [0.4, 0.5) is 0 Å². The molecule has 11 heavy (non-hydrogen) atoms. The van der Waals surface area contributed by atoms with E-state index in [2.05, 4.69) is 15.5 Å². The molecule has 0 aromatic heterocycles. The van der Waals surface area contributed by atoms with Crippen LogP contribution in [-0.2, 0) is 4.79 Å². The maximum Gasteiger partial charge on any atom is 0.238 e. The molecule has 0 aromatic rings. The van der Waals surface area contributed by atoms with Gasteiger partial charge in [-0.2, -0.15) is 0 Å². The molecule has 1 amide bonds. The Hall–Kier alpha value is -0.610. The van der Waals surface area contributed by atoms with Crippen molar-refractivity contribution in [3.63, 3.8) is 0 Å². The summed E-state index contributed by atoms with van der Waals surface area (Å²) in [6.45, 7) is 2.68. The molecule has 64 valence electrons. The first-order valence-corrected chi connectivity index (χ1v) is 3.88. The van der Waals surface area contributed by atoms with Crippen molar-refractivity contribution in [2.45, 2.75) is 6.04 Å². The molecule has 0 aliphatic carbocycles. The normalized spacial score (nSPS) is 26.5. The van der Waals surface area contributed by atoms with E-state index >= 15 is 0 Å². The second kappa shape index (κ2) is 3.69. The zero-order valence-corrected chi connectivity index (χ0v) is 7.05. The van der Waals surface area contributed by atoms with E-state index in [0.717, 1.165) is 19.6 Å². The highest BCUT2D eigenvalue weighted by Gasteiger charge is 2.24. The van der Waals surface area contributed by atoms with Gasteiger partial charge in [-0.05, 0) is 7.05 Å². The molecule has 1 saturated heterocycles. The predicted molar refractivity (Wildman–Crippen MR) is 43.4 cm³/mol. The van der Waals surface area contributed by atoms with Gasteiger partial charge >= 0.3 is 0 Å². The summed E-state index contributed by atoms with van der Waals surface area (Å²) in [6, 6.07) is 0.00810. The van der Waals surface area contributed by atoms with Crippen LogP contribution in [0.25, 0.3) is 0 Å². The van der Waals surface area contributed by atoms with E-state index in [0.29, 0.717) is 0 Å². The van der Waals surface area contributed by atoms with Gasteiger partial charge in [0.15, 0.2) is 0 Å². The van der Waals surface area contributed by atoms with Gasteiger partial charge in [0, 0.05) is 26.7 Å². The molecule has 0 aromatic carbocycles. The molecule has 0 radical (unpaired) electrons. The standard InChI is InChI=1S/C7H15N3O/c1-8-7(11)6-5-9-3-4-10(6)2/h6,9H,3-5H2,1-2H3,(H,8,11)/t6-/m0/s1. The molecule has 1 fully saturated rings. The van der Waals surface area contributed by atoms with E-state index in [4.69, 9.17) is 0 Å². The second-order valence-corrected chi connectivity index (χ2v) is 2.81. The number of amides is 1. The minimum Gasteiger partial charge on any atom is -0.358 e. The molecule has 1 aliphatic heterocycles. The molecule has 0 saturated carbocycles. The van der Waals surface area contributed by atoms with Crippen molar-refractivity contribution in [1.82, 2.24) is 15.5 Å². The zero-order chi connectivity index (χ0) is 8.27. The fourth-order valence-corrected chi connectivity index (χ4v) is 1.27. The summed E-state index contributed by atoms with van der Waals surface area (Å²) >= 11 is 0. The van der Waals surface area contributed by atoms with E-state index in [1.165, 1.54) is 0 Å². The Bertz CT molecular complexity index is 149. The minimum atomic E-state index is 0.00810. The third kappa shape index (κ3) is 1.91. The predicted octanol–water partition coefficient (Wildman–Crippen LogP) is -1.36. The highest BCUT2D eigenvalue weighted by molar-refractivity contribution is 5.81.